The van der Waals surface area contributed by atoms with Gasteiger partial charge >= 0.3 is 6.16 Å². The lowest BCUT2D eigenvalue weighted by molar-refractivity contribution is -0.161. The van der Waals surface area contributed by atoms with Gasteiger partial charge in [-0.3, -0.25) is 0 Å². The molecule has 7 nitrogen and oxygen atoms in total. The Morgan fingerprint density at radius 2 is 2.11 bits per heavy atom. The molecule has 0 amide bonds. The number of rotatable bonds is 6. The van der Waals surface area contributed by atoms with Crippen molar-refractivity contribution >= 4 is 11.8 Å². The minimum absolute atomic E-state index is 0.351. The topological polar surface area (TPSA) is 86.0 Å². The van der Waals surface area contributed by atoms with Crippen LogP contribution < -0.4 is 15.8 Å². The van der Waals surface area contributed by atoms with E-state index in [1.807, 2.05) is 39.0 Å². The Hall–Kier alpha value is -1.99. The quantitative estimate of drug-likeness (QED) is 0.580. The van der Waals surface area contributed by atoms with Crippen molar-refractivity contribution in [1.82, 2.24) is 10.4 Å². The summed E-state index contributed by atoms with van der Waals surface area (Å²) in [6.07, 6.45) is 1.09. The van der Waals surface area contributed by atoms with E-state index in [4.69, 9.17) is 20.0 Å². The number of nitrogens with zero attached hydrogens (tertiary/aromatic N) is 1. The summed E-state index contributed by atoms with van der Waals surface area (Å²) in [6, 6.07) is 6.10. The zero-order valence-electron chi connectivity index (χ0n) is 17.1. The van der Waals surface area contributed by atoms with Gasteiger partial charge in [0.05, 0.1) is 7.11 Å². The number of nitrogens with one attached hydrogen (secondary N) is 1. The maximum atomic E-state index is 11.8. The number of hydroxylamine groups is 2. The van der Waals surface area contributed by atoms with Gasteiger partial charge in [-0.1, -0.05) is 6.92 Å². The van der Waals surface area contributed by atoms with Crippen LogP contribution in [0.15, 0.2) is 18.2 Å². The molecule has 0 aromatic heterocycles. The van der Waals surface area contributed by atoms with Crippen molar-refractivity contribution in [3.8, 4) is 5.75 Å². The van der Waals surface area contributed by atoms with Gasteiger partial charge in [-0.2, -0.15) is 0 Å². The SMILES string of the molecule is COc1ccc(N)c(CCNC2CCN(OC(=O)OC(C)(C)C)CC2C)c1. The van der Waals surface area contributed by atoms with E-state index < -0.39 is 11.8 Å². The second kappa shape index (κ2) is 9.28. The highest BCUT2D eigenvalue weighted by molar-refractivity contribution is 5.60. The number of hydrogen-bond acceptors (Lipinski definition) is 7. The number of carbonyl (C=O) groups excluding carboxylic acids is 1. The van der Waals surface area contributed by atoms with Gasteiger partial charge in [-0.05, 0) is 69.8 Å². The summed E-state index contributed by atoms with van der Waals surface area (Å²) in [5.41, 5.74) is 7.36. The van der Waals surface area contributed by atoms with Crippen molar-refractivity contribution < 1.29 is 19.1 Å². The van der Waals surface area contributed by atoms with Crippen LogP contribution in [-0.2, 0) is 16.0 Å². The molecule has 1 aliphatic rings. The summed E-state index contributed by atoms with van der Waals surface area (Å²) in [5.74, 6) is 1.17. The van der Waals surface area contributed by atoms with Crippen LogP contribution >= 0.6 is 0 Å². The molecule has 27 heavy (non-hydrogen) atoms. The van der Waals surface area contributed by atoms with E-state index in [9.17, 15) is 4.79 Å². The van der Waals surface area contributed by atoms with Crippen LogP contribution in [0.25, 0.3) is 0 Å². The van der Waals surface area contributed by atoms with Crippen LogP contribution in [0.5, 0.6) is 5.75 Å². The van der Waals surface area contributed by atoms with Gasteiger partial charge in [0.1, 0.15) is 11.4 Å². The Bertz CT molecular complexity index is 630. The van der Waals surface area contributed by atoms with E-state index in [1.54, 1.807) is 12.2 Å². The Morgan fingerprint density at radius 3 is 2.74 bits per heavy atom. The maximum Gasteiger partial charge on any atom is 0.528 e. The minimum atomic E-state index is -0.644. The lowest BCUT2D eigenvalue weighted by atomic mass is 9.95. The van der Waals surface area contributed by atoms with Crippen molar-refractivity contribution in [2.45, 2.75) is 52.2 Å². The van der Waals surface area contributed by atoms with Crippen molar-refractivity contribution in [2.75, 3.05) is 32.5 Å². The molecule has 7 heteroatoms. The highest BCUT2D eigenvalue weighted by Gasteiger charge is 2.29. The number of nitrogen functional groups attached to an aromatic ring is 1. The van der Waals surface area contributed by atoms with Gasteiger partial charge in [0.2, 0.25) is 0 Å². The van der Waals surface area contributed by atoms with E-state index >= 15 is 0 Å². The molecule has 152 valence electrons. The molecule has 2 unspecified atom stereocenters. The average molecular weight is 380 g/mol. The molecule has 0 spiro atoms. The van der Waals surface area contributed by atoms with Crippen molar-refractivity contribution in [3.63, 3.8) is 0 Å². The molecule has 1 heterocycles. The molecule has 1 aromatic carbocycles. The zero-order valence-corrected chi connectivity index (χ0v) is 17.1. The highest BCUT2D eigenvalue weighted by atomic mass is 16.8. The minimum Gasteiger partial charge on any atom is -0.497 e. The van der Waals surface area contributed by atoms with Crippen molar-refractivity contribution in [1.29, 1.82) is 0 Å². The Kier molecular flexibility index (Phi) is 7.33. The van der Waals surface area contributed by atoms with Gasteiger partial charge in [-0.25, -0.2) is 4.79 Å². The van der Waals surface area contributed by atoms with Crippen LogP contribution in [0.4, 0.5) is 10.5 Å². The van der Waals surface area contributed by atoms with Gasteiger partial charge in [0.25, 0.3) is 0 Å². The predicted molar refractivity (Wildman–Crippen MR) is 106 cm³/mol. The number of ether oxygens (including phenoxy) is 2. The summed E-state index contributed by atoms with van der Waals surface area (Å²) in [7, 11) is 1.66. The third kappa shape index (κ3) is 6.92. The first kappa shape index (κ1) is 21.3. The van der Waals surface area contributed by atoms with Gasteiger partial charge in [0.15, 0.2) is 0 Å². The van der Waals surface area contributed by atoms with E-state index in [0.29, 0.717) is 25.0 Å². The maximum absolute atomic E-state index is 11.8. The lowest BCUT2D eigenvalue weighted by Gasteiger charge is -2.36. The zero-order chi connectivity index (χ0) is 20.0. The first-order chi connectivity index (χ1) is 12.7. The smallest absolute Gasteiger partial charge is 0.497 e. The third-order valence-electron chi connectivity index (χ3n) is 4.61. The molecule has 1 aromatic rings. The van der Waals surface area contributed by atoms with E-state index in [-0.39, 0.29) is 0 Å². The normalized spacial score (nSPS) is 20.9. The number of nitrogens with two attached hydrogens (primary N) is 1. The Morgan fingerprint density at radius 1 is 1.37 bits per heavy atom. The number of benzene rings is 1. The van der Waals surface area contributed by atoms with Crippen LogP contribution in [0.1, 0.15) is 39.7 Å². The first-order valence-electron chi connectivity index (χ1n) is 9.49. The summed E-state index contributed by atoms with van der Waals surface area (Å²) >= 11 is 0. The summed E-state index contributed by atoms with van der Waals surface area (Å²) in [5, 5.41) is 5.29. The number of carbonyl (C=O) groups is 1. The monoisotopic (exact) mass is 379 g/mol. The predicted octanol–water partition coefficient (Wildman–Crippen LogP) is 2.99. The molecule has 1 saturated heterocycles. The standard InChI is InChI=1S/C20H33N3O4/c1-14-13-23(27-19(24)26-20(2,3)4)11-9-18(14)22-10-8-15-12-16(25-5)6-7-17(15)21/h6-7,12,14,18,22H,8-11,13,21H2,1-5H3. The fourth-order valence-electron chi connectivity index (χ4n) is 3.19. The van der Waals surface area contributed by atoms with Gasteiger partial charge in [-0.15, -0.1) is 5.06 Å². The number of methoxy groups -OCH3 is 1. The Labute approximate surface area is 162 Å². The molecule has 2 atom stereocenters. The first-order valence-corrected chi connectivity index (χ1v) is 9.49. The Balaban J connectivity index is 1.76. The van der Waals surface area contributed by atoms with E-state index in [1.165, 1.54) is 0 Å². The molecule has 0 radical (unpaired) electrons. The number of hydrogen-bond donors (Lipinski definition) is 2. The van der Waals surface area contributed by atoms with Crippen LogP contribution in [0, 0.1) is 5.92 Å². The van der Waals surface area contributed by atoms with E-state index in [2.05, 4.69) is 12.2 Å². The molecule has 0 bridgehead atoms. The molecular formula is C20H33N3O4. The van der Waals surface area contributed by atoms with Crippen LogP contribution in [-0.4, -0.2) is 49.6 Å². The van der Waals surface area contributed by atoms with Crippen molar-refractivity contribution in [2.24, 2.45) is 5.92 Å². The lowest BCUT2D eigenvalue weighted by Crippen LogP contribution is -2.49. The summed E-state index contributed by atoms with van der Waals surface area (Å²) < 4.78 is 10.5. The molecule has 1 fully saturated rings. The second-order valence-corrected chi connectivity index (χ2v) is 8.09. The van der Waals surface area contributed by atoms with Crippen LogP contribution in [0.3, 0.4) is 0 Å². The molecular weight excluding hydrogens is 346 g/mol. The molecule has 1 aliphatic heterocycles. The third-order valence-corrected chi connectivity index (χ3v) is 4.61. The molecule has 2 rings (SSSR count). The number of anilines is 1. The fourth-order valence-corrected chi connectivity index (χ4v) is 3.19. The van der Waals surface area contributed by atoms with Gasteiger partial charge in [0, 0.05) is 24.8 Å². The second-order valence-electron chi connectivity index (χ2n) is 8.09. The van der Waals surface area contributed by atoms with Crippen LogP contribution in [0.2, 0.25) is 0 Å². The molecule has 0 aliphatic carbocycles. The summed E-state index contributed by atoms with van der Waals surface area (Å²) in [6.45, 7) is 9.81. The largest absolute Gasteiger partial charge is 0.528 e. The summed E-state index contributed by atoms with van der Waals surface area (Å²) in [4.78, 5) is 17.1. The number of piperidine rings is 1. The van der Waals surface area contributed by atoms with Crippen molar-refractivity contribution in [3.05, 3.63) is 23.8 Å². The molecule has 0 saturated carbocycles. The van der Waals surface area contributed by atoms with E-state index in [0.717, 1.165) is 36.4 Å². The molecule has 3 N–H and O–H groups in total. The average Bonchev–Trinajstić information content (AvgIpc) is 2.56. The fraction of sp³-hybridized carbons (Fsp3) is 0.650. The van der Waals surface area contributed by atoms with Gasteiger partial charge < -0.3 is 25.4 Å². The highest BCUT2D eigenvalue weighted by Crippen LogP contribution is 2.21.